The highest BCUT2D eigenvalue weighted by Gasteiger charge is 2.22. The molecular formula is C18H21N5. The van der Waals surface area contributed by atoms with Crippen molar-refractivity contribution in [2.45, 2.75) is 32.2 Å². The van der Waals surface area contributed by atoms with Crippen LogP contribution in [0.5, 0.6) is 0 Å². The second-order valence-corrected chi connectivity index (χ2v) is 6.17. The fourth-order valence-corrected chi connectivity index (χ4v) is 2.80. The number of benzene rings is 1. The Morgan fingerprint density at radius 2 is 2.09 bits per heavy atom. The summed E-state index contributed by atoms with van der Waals surface area (Å²) in [6.07, 6.45) is 5.50. The van der Waals surface area contributed by atoms with Crippen LogP contribution < -0.4 is 10.6 Å². The van der Waals surface area contributed by atoms with Gasteiger partial charge in [0, 0.05) is 41.4 Å². The Balaban J connectivity index is 1.41. The molecule has 4 rings (SSSR count). The summed E-state index contributed by atoms with van der Waals surface area (Å²) < 4.78 is 0. The summed E-state index contributed by atoms with van der Waals surface area (Å²) in [7, 11) is 0. The molecule has 0 unspecified atom stereocenters. The quantitative estimate of drug-likeness (QED) is 0.652. The fraction of sp³-hybridized carbons (Fsp3) is 0.333. The molecule has 1 aliphatic rings. The third-order valence-electron chi connectivity index (χ3n) is 4.14. The number of hydrogen-bond donors (Lipinski definition) is 3. The van der Waals surface area contributed by atoms with E-state index < -0.39 is 0 Å². The molecule has 0 radical (unpaired) electrons. The number of aromatic amines is 1. The summed E-state index contributed by atoms with van der Waals surface area (Å²) in [5.74, 6) is 1.63. The Bertz CT molecular complexity index is 819. The van der Waals surface area contributed by atoms with E-state index in [1.807, 2.05) is 13.0 Å². The van der Waals surface area contributed by atoms with E-state index in [0.717, 1.165) is 30.4 Å². The van der Waals surface area contributed by atoms with Crippen LogP contribution in [0.4, 0.5) is 11.8 Å². The van der Waals surface area contributed by atoms with E-state index >= 15 is 0 Å². The zero-order chi connectivity index (χ0) is 15.6. The Morgan fingerprint density at radius 1 is 1.22 bits per heavy atom. The first-order valence-corrected chi connectivity index (χ1v) is 8.19. The van der Waals surface area contributed by atoms with Gasteiger partial charge in [0.25, 0.3) is 0 Å². The van der Waals surface area contributed by atoms with Gasteiger partial charge < -0.3 is 15.6 Å². The van der Waals surface area contributed by atoms with Gasteiger partial charge in [0.1, 0.15) is 5.82 Å². The highest BCUT2D eigenvalue weighted by atomic mass is 15.2. The van der Waals surface area contributed by atoms with Crippen molar-refractivity contribution in [3.05, 3.63) is 47.8 Å². The van der Waals surface area contributed by atoms with E-state index in [1.54, 1.807) is 0 Å². The number of rotatable bonds is 6. The number of nitrogens with zero attached hydrogens (tertiary/aromatic N) is 2. The van der Waals surface area contributed by atoms with Crippen molar-refractivity contribution in [1.82, 2.24) is 15.0 Å². The van der Waals surface area contributed by atoms with Crippen LogP contribution in [0, 0.1) is 6.92 Å². The molecule has 0 atom stereocenters. The monoisotopic (exact) mass is 307 g/mol. The number of nitrogens with one attached hydrogen (secondary N) is 3. The minimum Gasteiger partial charge on any atom is -0.370 e. The molecule has 1 aromatic carbocycles. The largest absolute Gasteiger partial charge is 0.370 e. The highest BCUT2D eigenvalue weighted by Crippen LogP contribution is 2.23. The summed E-state index contributed by atoms with van der Waals surface area (Å²) in [6, 6.07) is 11.0. The zero-order valence-electron chi connectivity index (χ0n) is 13.3. The van der Waals surface area contributed by atoms with Gasteiger partial charge in [0.2, 0.25) is 5.95 Å². The molecule has 2 heterocycles. The Morgan fingerprint density at radius 3 is 2.96 bits per heavy atom. The van der Waals surface area contributed by atoms with Crippen molar-refractivity contribution < 1.29 is 0 Å². The molecule has 23 heavy (non-hydrogen) atoms. The van der Waals surface area contributed by atoms with Crippen LogP contribution in [0.2, 0.25) is 0 Å². The molecule has 2 aromatic heterocycles. The lowest BCUT2D eigenvalue weighted by Gasteiger charge is -2.09. The molecule has 5 heteroatoms. The van der Waals surface area contributed by atoms with Gasteiger partial charge >= 0.3 is 0 Å². The third kappa shape index (κ3) is 3.28. The first-order valence-electron chi connectivity index (χ1n) is 8.19. The molecule has 3 N–H and O–H groups in total. The summed E-state index contributed by atoms with van der Waals surface area (Å²) in [4.78, 5) is 12.3. The maximum atomic E-state index is 4.55. The van der Waals surface area contributed by atoms with Crippen molar-refractivity contribution >= 4 is 22.7 Å². The van der Waals surface area contributed by atoms with E-state index in [2.05, 4.69) is 56.0 Å². The second kappa shape index (κ2) is 5.91. The number of aryl methyl sites for hydroxylation is 1. The van der Waals surface area contributed by atoms with Gasteiger partial charge in [-0.1, -0.05) is 18.2 Å². The van der Waals surface area contributed by atoms with E-state index in [0.29, 0.717) is 6.04 Å². The molecule has 0 aliphatic heterocycles. The van der Waals surface area contributed by atoms with E-state index in [1.165, 1.54) is 29.3 Å². The van der Waals surface area contributed by atoms with Crippen LogP contribution in [-0.4, -0.2) is 27.5 Å². The van der Waals surface area contributed by atoms with E-state index in [-0.39, 0.29) is 0 Å². The maximum absolute atomic E-state index is 4.55. The first kappa shape index (κ1) is 14.1. The predicted molar refractivity (Wildman–Crippen MR) is 93.9 cm³/mol. The number of anilines is 2. The molecule has 1 aliphatic carbocycles. The third-order valence-corrected chi connectivity index (χ3v) is 4.14. The second-order valence-electron chi connectivity index (χ2n) is 6.17. The Labute approximate surface area is 135 Å². The van der Waals surface area contributed by atoms with Crippen molar-refractivity contribution in [3.8, 4) is 0 Å². The summed E-state index contributed by atoms with van der Waals surface area (Å²) in [6.45, 7) is 2.85. The van der Waals surface area contributed by atoms with Crippen molar-refractivity contribution in [1.29, 1.82) is 0 Å². The lowest BCUT2D eigenvalue weighted by Crippen LogP contribution is -2.10. The molecule has 3 aromatic rings. The van der Waals surface area contributed by atoms with Crippen molar-refractivity contribution in [2.75, 3.05) is 17.2 Å². The number of hydrogen-bond acceptors (Lipinski definition) is 4. The van der Waals surface area contributed by atoms with Crippen molar-refractivity contribution in [3.63, 3.8) is 0 Å². The van der Waals surface area contributed by atoms with Crippen LogP contribution >= 0.6 is 0 Å². The first-order chi connectivity index (χ1) is 11.3. The lowest BCUT2D eigenvalue weighted by molar-refractivity contribution is 0.985. The maximum Gasteiger partial charge on any atom is 0.225 e. The number of para-hydroxylation sites is 1. The van der Waals surface area contributed by atoms with Gasteiger partial charge in [-0.05, 0) is 37.8 Å². The summed E-state index contributed by atoms with van der Waals surface area (Å²) >= 11 is 0. The number of H-pyrrole nitrogens is 1. The molecule has 1 saturated carbocycles. The van der Waals surface area contributed by atoms with Crippen LogP contribution in [0.1, 0.15) is 24.1 Å². The van der Waals surface area contributed by atoms with Crippen LogP contribution in [-0.2, 0) is 6.42 Å². The molecule has 118 valence electrons. The SMILES string of the molecule is Cc1cc(NCCc2c[nH]c3ccccc23)nc(NC2CC2)n1. The smallest absolute Gasteiger partial charge is 0.225 e. The van der Waals surface area contributed by atoms with Gasteiger partial charge in [-0.3, -0.25) is 0 Å². The van der Waals surface area contributed by atoms with Gasteiger partial charge in [0.05, 0.1) is 0 Å². The predicted octanol–water partition coefficient (Wildman–Crippen LogP) is 3.50. The lowest BCUT2D eigenvalue weighted by atomic mass is 10.1. The highest BCUT2D eigenvalue weighted by molar-refractivity contribution is 5.83. The Kier molecular flexibility index (Phi) is 3.61. The summed E-state index contributed by atoms with van der Waals surface area (Å²) in [5.41, 5.74) is 3.50. The van der Waals surface area contributed by atoms with E-state index in [4.69, 9.17) is 0 Å². The summed E-state index contributed by atoms with van der Waals surface area (Å²) in [5, 5.41) is 8.07. The van der Waals surface area contributed by atoms with Crippen LogP contribution in [0.15, 0.2) is 36.5 Å². The van der Waals surface area contributed by atoms with Gasteiger partial charge in [-0.25, -0.2) is 4.98 Å². The van der Waals surface area contributed by atoms with Gasteiger partial charge in [-0.15, -0.1) is 0 Å². The van der Waals surface area contributed by atoms with Gasteiger partial charge in [0.15, 0.2) is 0 Å². The molecule has 0 bridgehead atoms. The molecule has 1 fully saturated rings. The number of fused-ring (bicyclic) bond motifs is 1. The van der Waals surface area contributed by atoms with Crippen LogP contribution in [0.25, 0.3) is 10.9 Å². The molecular weight excluding hydrogens is 286 g/mol. The minimum atomic E-state index is 0.566. The van der Waals surface area contributed by atoms with E-state index in [9.17, 15) is 0 Å². The molecule has 5 nitrogen and oxygen atoms in total. The standard InChI is InChI=1S/C18H21N5/c1-12-10-17(23-18(21-12)22-14-6-7-14)19-9-8-13-11-20-16-5-3-2-4-15(13)16/h2-5,10-11,14,20H,6-9H2,1H3,(H2,19,21,22,23). The topological polar surface area (TPSA) is 65.6 Å². The average Bonchev–Trinajstić information content (AvgIpc) is 3.25. The fourth-order valence-electron chi connectivity index (χ4n) is 2.80. The minimum absolute atomic E-state index is 0.566. The number of aromatic nitrogens is 3. The molecule has 0 saturated heterocycles. The zero-order valence-corrected chi connectivity index (χ0v) is 13.3. The van der Waals surface area contributed by atoms with Crippen molar-refractivity contribution in [2.24, 2.45) is 0 Å². The van der Waals surface area contributed by atoms with Gasteiger partial charge in [-0.2, -0.15) is 4.98 Å². The molecule has 0 spiro atoms. The normalized spacial score (nSPS) is 14.1. The average molecular weight is 307 g/mol. The Hall–Kier alpha value is -2.56. The van der Waals surface area contributed by atoms with Crippen LogP contribution in [0.3, 0.4) is 0 Å². The molecule has 0 amide bonds.